The Labute approximate surface area is 78.9 Å². The third-order valence-electron chi connectivity index (χ3n) is 1.60. The highest BCUT2D eigenvalue weighted by molar-refractivity contribution is 5.83. The first-order chi connectivity index (χ1) is 5.86. The largest absolute Gasteiger partial charge is 0.438 e. The number of ketones is 1. The van der Waals surface area contributed by atoms with Crippen LogP contribution in [0.25, 0.3) is 0 Å². The predicted octanol–water partition coefficient (Wildman–Crippen LogP) is 1.30. The molecule has 0 saturated heterocycles. The second kappa shape index (κ2) is 4.84. The molecule has 0 aliphatic carbocycles. The van der Waals surface area contributed by atoms with Gasteiger partial charge in [0.15, 0.2) is 11.9 Å². The fourth-order valence-electron chi connectivity index (χ4n) is 0.903. The van der Waals surface area contributed by atoms with Crippen LogP contribution in [0.2, 0.25) is 0 Å². The minimum atomic E-state index is -0.630. The first-order valence-electron chi connectivity index (χ1n) is 4.24. The van der Waals surface area contributed by atoms with Crippen LogP contribution in [0, 0.1) is 5.92 Å². The second-order valence-electron chi connectivity index (χ2n) is 3.55. The predicted molar refractivity (Wildman–Crippen MR) is 49.5 cm³/mol. The highest BCUT2D eigenvalue weighted by Gasteiger charge is 2.23. The summed E-state index contributed by atoms with van der Waals surface area (Å²) in [6.07, 6.45) is -1.11. The highest BCUT2D eigenvalue weighted by Crippen LogP contribution is 2.08. The summed E-state index contributed by atoms with van der Waals surface area (Å²) in [4.78, 5) is 23.5. The summed E-state index contributed by atoms with van der Waals surface area (Å²) in [6.45, 7) is 5.11. The lowest BCUT2D eigenvalue weighted by molar-refractivity contribution is -0.127. The molecule has 0 rings (SSSR count). The Kier molecular flexibility index (Phi) is 4.45. The van der Waals surface area contributed by atoms with Gasteiger partial charge in [0.1, 0.15) is 0 Å². The van der Waals surface area contributed by atoms with Crippen molar-refractivity contribution in [2.45, 2.75) is 26.9 Å². The molecule has 4 heteroatoms. The Balaban J connectivity index is 4.27. The van der Waals surface area contributed by atoms with Gasteiger partial charge in [0.25, 0.3) is 0 Å². The Morgan fingerprint density at radius 2 is 1.69 bits per heavy atom. The normalized spacial score (nSPS) is 12.5. The van der Waals surface area contributed by atoms with Crippen LogP contribution in [0.1, 0.15) is 20.8 Å². The molecule has 0 aromatic rings. The van der Waals surface area contributed by atoms with Crippen LogP contribution in [0.4, 0.5) is 4.79 Å². The van der Waals surface area contributed by atoms with E-state index in [0.717, 1.165) is 0 Å². The van der Waals surface area contributed by atoms with Gasteiger partial charge in [0.2, 0.25) is 0 Å². The lowest BCUT2D eigenvalue weighted by Crippen LogP contribution is -2.34. The molecular formula is C9H17NO3. The van der Waals surface area contributed by atoms with Crippen LogP contribution in [-0.2, 0) is 9.53 Å². The van der Waals surface area contributed by atoms with Gasteiger partial charge in [-0.15, -0.1) is 0 Å². The number of amides is 1. The molecule has 0 aliphatic rings. The lowest BCUT2D eigenvalue weighted by Gasteiger charge is -2.20. The molecule has 0 radical (unpaired) electrons. The Hall–Kier alpha value is -1.06. The molecule has 1 amide bonds. The van der Waals surface area contributed by atoms with E-state index in [1.54, 1.807) is 14.1 Å². The number of hydrogen-bond donors (Lipinski definition) is 0. The summed E-state index contributed by atoms with van der Waals surface area (Å²) < 4.78 is 4.97. The molecule has 0 N–H and O–H groups in total. The maximum absolute atomic E-state index is 11.1. The fourth-order valence-corrected chi connectivity index (χ4v) is 0.903. The number of nitrogens with zero attached hydrogens (tertiary/aromatic N) is 1. The van der Waals surface area contributed by atoms with E-state index in [2.05, 4.69) is 0 Å². The van der Waals surface area contributed by atoms with Gasteiger partial charge in [-0.25, -0.2) is 4.79 Å². The van der Waals surface area contributed by atoms with Crippen molar-refractivity contribution in [2.24, 2.45) is 5.92 Å². The lowest BCUT2D eigenvalue weighted by atomic mass is 10.0. The van der Waals surface area contributed by atoms with Crippen molar-refractivity contribution in [3.63, 3.8) is 0 Å². The zero-order valence-corrected chi connectivity index (χ0v) is 8.83. The zero-order chi connectivity index (χ0) is 10.6. The SMILES string of the molecule is CC(=O)C(OC(=O)N(C)C)C(C)C. The minimum Gasteiger partial charge on any atom is -0.438 e. The van der Waals surface area contributed by atoms with Crippen LogP contribution in [0.15, 0.2) is 0 Å². The Morgan fingerprint density at radius 1 is 1.23 bits per heavy atom. The maximum atomic E-state index is 11.1. The van der Waals surface area contributed by atoms with Crippen LogP contribution in [-0.4, -0.2) is 37.0 Å². The van der Waals surface area contributed by atoms with Crippen molar-refractivity contribution in [1.82, 2.24) is 4.90 Å². The third kappa shape index (κ3) is 3.92. The Bertz CT molecular complexity index is 199. The van der Waals surface area contributed by atoms with E-state index in [0.29, 0.717) is 0 Å². The molecule has 13 heavy (non-hydrogen) atoms. The van der Waals surface area contributed by atoms with Crippen molar-refractivity contribution in [3.8, 4) is 0 Å². The summed E-state index contributed by atoms with van der Waals surface area (Å²) >= 11 is 0. The average molecular weight is 187 g/mol. The van der Waals surface area contributed by atoms with E-state index in [-0.39, 0.29) is 11.7 Å². The smallest absolute Gasteiger partial charge is 0.409 e. The van der Waals surface area contributed by atoms with Crippen molar-refractivity contribution in [2.75, 3.05) is 14.1 Å². The molecule has 0 aliphatic heterocycles. The van der Waals surface area contributed by atoms with Gasteiger partial charge in [-0.05, 0) is 12.8 Å². The number of hydrogen-bond acceptors (Lipinski definition) is 3. The first kappa shape index (κ1) is 11.9. The van der Waals surface area contributed by atoms with Gasteiger partial charge in [-0.2, -0.15) is 0 Å². The average Bonchev–Trinajstić information content (AvgIpc) is 1.97. The molecule has 0 saturated carbocycles. The highest BCUT2D eigenvalue weighted by atomic mass is 16.6. The molecule has 0 aromatic carbocycles. The van der Waals surface area contributed by atoms with Gasteiger partial charge in [-0.3, -0.25) is 4.79 Å². The fraction of sp³-hybridized carbons (Fsp3) is 0.778. The summed E-state index contributed by atoms with van der Waals surface area (Å²) in [5.74, 6) is -0.105. The maximum Gasteiger partial charge on any atom is 0.409 e. The van der Waals surface area contributed by atoms with Gasteiger partial charge in [0, 0.05) is 14.1 Å². The summed E-state index contributed by atoms with van der Waals surface area (Å²) in [5, 5.41) is 0. The standard InChI is InChI=1S/C9H17NO3/c1-6(2)8(7(3)11)13-9(12)10(4)5/h6,8H,1-5H3. The Morgan fingerprint density at radius 3 is 1.92 bits per heavy atom. The number of carbonyl (C=O) groups is 2. The third-order valence-corrected chi connectivity index (χ3v) is 1.60. The molecule has 0 spiro atoms. The van der Waals surface area contributed by atoms with Gasteiger partial charge < -0.3 is 9.64 Å². The van der Waals surface area contributed by atoms with Crippen molar-refractivity contribution in [1.29, 1.82) is 0 Å². The monoisotopic (exact) mass is 187 g/mol. The van der Waals surface area contributed by atoms with Crippen LogP contribution in [0.5, 0.6) is 0 Å². The van der Waals surface area contributed by atoms with E-state index in [1.807, 2.05) is 13.8 Å². The zero-order valence-electron chi connectivity index (χ0n) is 8.83. The summed E-state index contributed by atoms with van der Waals surface area (Å²) in [5.41, 5.74) is 0. The quantitative estimate of drug-likeness (QED) is 0.669. The van der Waals surface area contributed by atoms with Crippen LogP contribution >= 0.6 is 0 Å². The summed E-state index contributed by atoms with van der Waals surface area (Å²) in [6, 6.07) is 0. The summed E-state index contributed by atoms with van der Waals surface area (Å²) in [7, 11) is 3.17. The molecule has 0 bridgehead atoms. The molecule has 0 fully saturated rings. The molecule has 1 unspecified atom stereocenters. The van der Waals surface area contributed by atoms with E-state index in [1.165, 1.54) is 11.8 Å². The van der Waals surface area contributed by atoms with Crippen molar-refractivity contribution in [3.05, 3.63) is 0 Å². The van der Waals surface area contributed by atoms with Crippen LogP contribution in [0.3, 0.4) is 0 Å². The molecule has 4 nitrogen and oxygen atoms in total. The van der Waals surface area contributed by atoms with E-state index in [9.17, 15) is 9.59 Å². The van der Waals surface area contributed by atoms with Crippen molar-refractivity contribution >= 4 is 11.9 Å². The molecular weight excluding hydrogens is 170 g/mol. The van der Waals surface area contributed by atoms with E-state index >= 15 is 0 Å². The molecule has 0 heterocycles. The van der Waals surface area contributed by atoms with E-state index < -0.39 is 12.2 Å². The van der Waals surface area contributed by atoms with Gasteiger partial charge >= 0.3 is 6.09 Å². The second-order valence-corrected chi connectivity index (χ2v) is 3.55. The van der Waals surface area contributed by atoms with Crippen LogP contribution < -0.4 is 0 Å². The number of carbonyl (C=O) groups excluding carboxylic acids is 2. The number of ether oxygens (including phenoxy) is 1. The van der Waals surface area contributed by atoms with Gasteiger partial charge in [-0.1, -0.05) is 13.8 Å². The first-order valence-corrected chi connectivity index (χ1v) is 4.24. The molecule has 0 aromatic heterocycles. The van der Waals surface area contributed by atoms with Crippen molar-refractivity contribution < 1.29 is 14.3 Å². The minimum absolute atomic E-state index is 0.0152. The van der Waals surface area contributed by atoms with Gasteiger partial charge in [0.05, 0.1) is 0 Å². The number of rotatable bonds is 3. The number of Topliss-reactive ketones (excluding diaryl/α,β-unsaturated/α-hetero) is 1. The molecule has 1 atom stereocenters. The topological polar surface area (TPSA) is 46.6 Å². The van der Waals surface area contributed by atoms with E-state index in [4.69, 9.17) is 4.74 Å². The molecule has 76 valence electrons.